The molecule has 4 rings (SSSR count). The summed E-state index contributed by atoms with van der Waals surface area (Å²) in [4.78, 5) is 25.5. The molecule has 0 aliphatic carbocycles. The Balaban J connectivity index is 1.56. The second-order valence-electron chi connectivity index (χ2n) is 8.79. The number of Topliss-reactive ketones (excluding diaryl/α,β-unsaturated/α-hetero) is 1. The Morgan fingerprint density at radius 2 is 1.73 bits per heavy atom. The summed E-state index contributed by atoms with van der Waals surface area (Å²) < 4.78 is 16.9. The van der Waals surface area contributed by atoms with Crippen molar-refractivity contribution < 1.29 is 23.8 Å². The van der Waals surface area contributed by atoms with E-state index < -0.39 is 5.97 Å². The molecule has 0 unspecified atom stereocenters. The van der Waals surface area contributed by atoms with Crippen LogP contribution >= 0.6 is 0 Å². The Bertz CT molecular complexity index is 1230. The number of carbonyl (C=O) groups is 2. The minimum absolute atomic E-state index is 0.00393. The van der Waals surface area contributed by atoms with Gasteiger partial charge < -0.3 is 14.2 Å². The Kier molecular flexibility index (Phi) is 6.05. The van der Waals surface area contributed by atoms with Gasteiger partial charge in [0.05, 0.1) is 17.7 Å². The molecule has 168 valence electrons. The van der Waals surface area contributed by atoms with Crippen molar-refractivity contribution in [2.75, 3.05) is 6.61 Å². The fourth-order valence-corrected chi connectivity index (χ4v) is 3.52. The first-order valence-electron chi connectivity index (χ1n) is 10.9. The lowest BCUT2D eigenvalue weighted by molar-refractivity contribution is 0.0734. The van der Waals surface area contributed by atoms with Crippen LogP contribution < -0.4 is 14.2 Å². The van der Waals surface area contributed by atoms with Crippen LogP contribution in [0.3, 0.4) is 0 Å². The van der Waals surface area contributed by atoms with Gasteiger partial charge in [-0.25, -0.2) is 4.79 Å². The van der Waals surface area contributed by atoms with E-state index in [0.717, 1.165) is 5.56 Å². The third-order valence-corrected chi connectivity index (χ3v) is 5.35. The van der Waals surface area contributed by atoms with Crippen molar-refractivity contribution in [3.05, 3.63) is 94.7 Å². The van der Waals surface area contributed by atoms with Crippen LogP contribution in [0.1, 0.15) is 59.5 Å². The van der Waals surface area contributed by atoms with E-state index in [4.69, 9.17) is 14.2 Å². The Hall–Kier alpha value is -3.86. The van der Waals surface area contributed by atoms with E-state index in [0.29, 0.717) is 40.5 Å². The molecule has 1 heterocycles. The molecule has 3 aromatic rings. The van der Waals surface area contributed by atoms with Gasteiger partial charge in [0, 0.05) is 11.6 Å². The van der Waals surface area contributed by atoms with Crippen LogP contribution in [0.15, 0.2) is 72.5 Å². The maximum Gasteiger partial charge on any atom is 0.343 e. The molecule has 1 aliphatic heterocycles. The average Bonchev–Trinajstić information content (AvgIpc) is 3.09. The van der Waals surface area contributed by atoms with Gasteiger partial charge in [0.25, 0.3) is 0 Å². The number of esters is 1. The van der Waals surface area contributed by atoms with Gasteiger partial charge >= 0.3 is 5.97 Å². The highest BCUT2D eigenvalue weighted by molar-refractivity contribution is 6.14. The predicted molar refractivity (Wildman–Crippen MR) is 127 cm³/mol. The third-order valence-electron chi connectivity index (χ3n) is 5.35. The molecule has 0 bridgehead atoms. The summed E-state index contributed by atoms with van der Waals surface area (Å²) >= 11 is 0. The Labute approximate surface area is 193 Å². The van der Waals surface area contributed by atoms with Crippen LogP contribution in [-0.4, -0.2) is 18.4 Å². The smallest absolute Gasteiger partial charge is 0.343 e. The fraction of sp³-hybridized carbons (Fsp3) is 0.214. The maximum absolute atomic E-state index is 12.8. The SMILES string of the molecule is CCOc1ccc2c(c1)O/C(=C\c1ccccc1OC(=O)c1ccc(C(C)(C)C)cc1)C2=O. The van der Waals surface area contributed by atoms with E-state index in [1.807, 2.05) is 25.1 Å². The summed E-state index contributed by atoms with van der Waals surface area (Å²) in [5.41, 5.74) is 2.62. The monoisotopic (exact) mass is 442 g/mol. The number of para-hydroxylation sites is 1. The van der Waals surface area contributed by atoms with E-state index in [9.17, 15) is 9.59 Å². The molecule has 0 radical (unpaired) electrons. The van der Waals surface area contributed by atoms with Gasteiger partial charge in [-0.05, 0) is 54.3 Å². The zero-order valence-electron chi connectivity index (χ0n) is 19.2. The molecule has 3 aromatic carbocycles. The molecule has 0 spiro atoms. The molecular formula is C28H26O5. The van der Waals surface area contributed by atoms with Crippen molar-refractivity contribution in [3.63, 3.8) is 0 Å². The van der Waals surface area contributed by atoms with Crippen molar-refractivity contribution in [1.29, 1.82) is 0 Å². The molecule has 5 nitrogen and oxygen atoms in total. The lowest BCUT2D eigenvalue weighted by Gasteiger charge is -2.19. The molecule has 0 fully saturated rings. The number of ether oxygens (including phenoxy) is 3. The van der Waals surface area contributed by atoms with Crippen LogP contribution in [0.4, 0.5) is 0 Å². The number of benzene rings is 3. The fourth-order valence-electron chi connectivity index (χ4n) is 3.52. The molecule has 5 heteroatoms. The highest BCUT2D eigenvalue weighted by atomic mass is 16.5. The van der Waals surface area contributed by atoms with Crippen LogP contribution in [0, 0.1) is 0 Å². The summed E-state index contributed by atoms with van der Waals surface area (Å²) in [6, 6.07) is 19.6. The minimum atomic E-state index is -0.468. The van der Waals surface area contributed by atoms with Crippen LogP contribution in [0.5, 0.6) is 17.2 Å². The van der Waals surface area contributed by atoms with Gasteiger partial charge in [0.2, 0.25) is 5.78 Å². The molecule has 33 heavy (non-hydrogen) atoms. The van der Waals surface area contributed by atoms with Gasteiger partial charge in [-0.15, -0.1) is 0 Å². The summed E-state index contributed by atoms with van der Waals surface area (Å²) in [6.45, 7) is 8.76. The molecule has 0 aromatic heterocycles. The normalized spacial score (nSPS) is 14.1. The minimum Gasteiger partial charge on any atom is -0.494 e. The first kappa shape index (κ1) is 22.3. The number of fused-ring (bicyclic) bond motifs is 1. The van der Waals surface area contributed by atoms with E-state index in [1.54, 1.807) is 54.6 Å². The van der Waals surface area contributed by atoms with Crippen molar-refractivity contribution in [3.8, 4) is 17.2 Å². The van der Waals surface area contributed by atoms with E-state index >= 15 is 0 Å². The van der Waals surface area contributed by atoms with E-state index in [1.165, 1.54) is 0 Å². The standard InChI is InChI=1S/C28H26O5/c1-5-31-21-14-15-22-24(17-21)32-25(26(22)29)16-19-8-6-7-9-23(19)33-27(30)18-10-12-20(13-11-18)28(2,3)4/h6-17H,5H2,1-4H3/b25-16-. The summed E-state index contributed by atoms with van der Waals surface area (Å²) in [5, 5.41) is 0. The topological polar surface area (TPSA) is 61.8 Å². The Morgan fingerprint density at radius 3 is 2.42 bits per heavy atom. The molecular weight excluding hydrogens is 416 g/mol. The number of ketones is 1. The highest BCUT2D eigenvalue weighted by Gasteiger charge is 2.28. The zero-order valence-corrected chi connectivity index (χ0v) is 19.2. The summed E-state index contributed by atoms with van der Waals surface area (Å²) in [7, 11) is 0. The van der Waals surface area contributed by atoms with E-state index in [-0.39, 0.29) is 17.0 Å². The lowest BCUT2D eigenvalue weighted by atomic mass is 9.87. The first-order valence-corrected chi connectivity index (χ1v) is 10.9. The van der Waals surface area contributed by atoms with Crippen molar-refractivity contribution in [2.24, 2.45) is 0 Å². The molecule has 1 aliphatic rings. The predicted octanol–water partition coefficient (Wildman–Crippen LogP) is 6.22. The number of hydrogen-bond acceptors (Lipinski definition) is 5. The van der Waals surface area contributed by atoms with Gasteiger partial charge in [-0.2, -0.15) is 0 Å². The molecule has 0 amide bonds. The number of carbonyl (C=O) groups excluding carboxylic acids is 2. The van der Waals surface area contributed by atoms with Gasteiger partial charge in [-0.3, -0.25) is 4.79 Å². The first-order chi connectivity index (χ1) is 15.8. The quantitative estimate of drug-likeness (QED) is 0.267. The lowest BCUT2D eigenvalue weighted by Crippen LogP contribution is -2.13. The molecule has 0 N–H and O–H groups in total. The van der Waals surface area contributed by atoms with Gasteiger partial charge in [0.1, 0.15) is 17.2 Å². The average molecular weight is 443 g/mol. The summed E-state index contributed by atoms with van der Waals surface area (Å²) in [5.74, 6) is 0.897. The van der Waals surface area contributed by atoms with E-state index in [2.05, 4.69) is 20.8 Å². The third kappa shape index (κ3) is 4.82. The number of rotatable bonds is 5. The van der Waals surface area contributed by atoms with Crippen LogP contribution in [0.2, 0.25) is 0 Å². The zero-order chi connectivity index (χ0) is 23.6. The van der Waals surface area contributed by atoms with Gasteiger partial charge in [0.15, 0.2) is 5.76 Å². The van der Waals surface area contributed by atoms with Crippen LogP contribution in [-0.2, 0) is 5.41 Å². The maximum atomic E-state index is 12.8. The molecule has 0 saturated carbocycles. The number of allylic oxidation sites excluding steroid dienone is 1. The van der Waals surface area contributed by atoms with Crippen LogP contribution in [0.25, 0.3) is 6.08 Å². The van der Waals surface area contributed by atoms with Crippen molar-refractivity contribution in [2.45, 2.75) is 33.1 Å². The largest absolute Gasteiger partial charge is 0.494 e. The molecule has 0 saturated heterocycles. The Morgan fingerprint density at radius 1 is 1.00 bits per heavy atom. The van der Waals surface area contributed by atoms with Crippen molar-refractivity contribution >= 4 is 17.8 Å². The molecule has 0 atom stereocenters. The summed E-state index contributed by atoms with van der Waals surface area (Å²) in [6.07, 6.45) is 1.59. The number of hydrogen-bond donors (Lipinski definition) is 0. The highest BCUT2D eigenvalue weighted by Crippen LogP contribution is 2.36. The van der Waals surface area contributed by atoms with Gasteiger partial charge in [-0.1, -0.05) is 51.1 Å². The second kappa shape index (κ2) is 8.94. The second-order valence-corrected chi connectivity index (χ2v) is 8.79. The van der Waals surface area contributed by atoms with Crippen molar-refractivity contribution in [1.82, 2.24) is 0 Å².